The molecule has 19 heavy (non-hydrogen) atoms. The molecule has 2 heteroatoms. The van der Waals surface area contributed by atoms with Crippen molar-refractivity contribution in [2.45, 2.75) is 46.0 Å². The zero-order chi connectivity index (χ0) is 13.8. The molecular formula is C17H24O2. The van der Waals surface area contributed by atoms with Crippen molar-refractivity contribution >= 4 is 5.78 Å². The molecule has 0 N–H and O–H groups in total. The first-order chi connectivity index (χ1) is 9.15. The maximum atomic E-state index is 12.6. The maximum absolute atomic E-state index is 12.6. The second-order valence-corrected chi connectivity index (χ2v) is 5.67. The third-order valence-electron chi connectivity index (χ3n) is 4.49. The molecule has 0 saturated heterocycles. The monoisotopic (exact) mass is 260 g/mol. The summed E-state index contributed by atoms with van der Waals surface area (Å²) in [5, 5.41) is 0. The summed E-state index contributed by atoms with van der Waals surface area (Å²) >= 11 is 0. The lowest BCUT2D eigenvalue weighted by molar-refractivity contribution is 0.0870. The predicted octanol–water partition coefficient (Wildman–Crippen LogP) is 4.40. The van der Waals surface area contributed by atoms with Crippen molar-refractivity contribution in [2.75, 3.05) is 7.11 Å². The Hall–Kier alpha value is -1.31. The van der Waals surface area contributed by atoms with Gasteiger partial charge in [-0.15, -0.1) is 0 Å². The van der Waals surface area contributed by atoms with Crippen molar-refractivity contribution in [3.63, 3.8) is 0 Å². The number of rotatable bonds is 4. The van der Waals surface area contributed by atoms with Crippen LogP contribution in [0, 0.1) is 18.8 Å². The number of hydrogen-bond acceptors (Lipinski definition) is 2. The van der Waals surface area contributed by atoms with Crippen molar-refractivity contribution in [1.29, 1.82) is 0 Å². The van der Waals surface area contributed by atoms with Crippen LogP contribution in [0.15, 0.2) is 18.2 Å². The molecule has 1 aromatic carbocycles. The molecule has 0 amide bonds. The molecule has 0 atom stereocenters. The van der Waals surface area contributed by atoms with Crippen LogP contribution in [0.3, 0.4) is 0 Å². The summed E-state index contributed by atoms with van der Waals surface area (Å²) in [6.07, 6.45) is 5.79. The lowest BCUT2D eigenvalue weighted by atomic mass is 9.77. The summed E-state index contributed by atoms with van der Waals surface area (Å²) in [6, 6.07) is 5.76. The summed E-state index contributed by atoms with van der Waals surface area (Å²) < 4.78 is 5.19. The molecule has 2 rings (SSSR count). The van der Waals surface area contributed by atoms with Gasteiger partial charge in [-0.2, -0.15) is 0 Å². The van der Waals surface area contributed by atoms with E-state index in [4.69, 9.17) is 4.74 Å². The third-order valence-corrected chi connectivity index (χ3v) is 4.49. The average molecular weight is 260 g/mol. The van der Waals surface area contributed by atoms with E-state index in [0.29, 0.717) is 5.78 Å². The van der Waals surface area contributed by atoms with Crippen LogP contribution in [0.5, 0.6) is 5.75 Å². The smallest absolute Gasteiger partial charge is 0.166 e. The Kier molecular flexibility index (Phi) is 4.62. The number of carbonyl (C=O) groups is 1. The number of methoxy groups -OCH3 is 1. The Balaban J connectivity index is 2.08. The van der Waals surface area contributed by atoms with Gasteiger partial charge < -0.3 is 4.74 Å². The topological polar surface area (TPSA) is 26.3 Å². The number of hydrogen-bond donors (Lipinski definition) is 0. The third kappa shape index (κ3) is 3.17. The van der Waals surface area contributed by atoms with Crippen molar-refractivity contribution in [3.8, 4) is 5.75 Å². The molecule has 0 aromatic heterocycles. The fraction of sp³-hybridized carbons (Fsp3) is 0.588. The molecular weight excluding hydrogens is 236 g/mol. The molecule has 0 spiro atoms. The van der Waals surface area contributed by atoms with Crippen LogP contribution in [-0.2, 0) is 0 Å². The minimum absolute atomic E-state index is 0.231. The SMILES string of the molecule is CCC1CCC(C(=O)c2ccc(OC)cc2C)CC1. The Bertz CT molecular complexity index is 443. The molecule has 2 nitrogen and oxygen atoms in total. The number of ether oxygens (including phenoxy) is 1. The summed E-state index contributed by atoms with van der Waals surface area (Å²) in [6.45, 7) is 4.24. The molecule has 0 radical (unpaired) electrons. The molecule has 0 bridgehead atoms. The van der Waals surface area contributed by atoms with Crippen LogP contribution in [-0.4, -0.2) is 12.9 Å². The van der Waals surface area contributed by atoms with Gasteiger partial charge in [0.15, 0.2) is 5.78 Å². The minimum Gasteiger partial charge on any atom is -0.497 e. The van der Waals surface area contributed by atoms with Gasteiger partial charge in [0.25, 0.3) is 0 Å². The second kappa shape index (κ2) is 6.23. The first-order valence-corrected chi connectivity index (χ1v) is 7.34. The summed E-state index contributed by atoms with van der Waals surface area (Å²) in [5.74, 6) is 2.22. The van der Waals surface area contributed by atoms with Crippen LogP contribution in [0.25, 0.3) is 0 Å². The lowest BCUT2D eigenvalue weighted by Crippen LogP contribution is -2.22. The fourth-order valence-corrected chi connectivity index (χ4v) is 3.09. The molecule has 1 aromatic rings. The highest BCUT2D eigenvalue weighted by molar-refractivity contribution is 5.99. The summed E-state index contributed by atoms with van der Waals surface area (Å²) in [5.41, 5.74) is 1.91. The average Bonchev–Trinajstić information content (AvgIpc) is 2.46. The highest BCUT2D eigenvalue weighted by Crippen LogP contribution is 2.33. The van der Waals surface area contributed by atoms with Crippen LogP contribution in [0.2, 0.25) is 0 Å². The highest BCUT2D eigenvalue weighted by atomic mass is 16.5. The molecule has 1 fully saturated rings. The normalized spacial score (nSPS) is 23.1. The van der Waals surface area contributed by atoms with Crippen molar-refractivity contribution in [3.05, 3.63) is 29.3 Å². The van der Waals surface area contributed by atoms with Gasteiger partial charge >= 0.3 is 0 Å². The van der Waals surface area contributed by atoms with E-state index in [1.807, 2.05) is 25.1 Å². The zero-order valence-corrected chi connectivity index (χ0v) is 12.2. The van der Waals surface area contributed by atoms with Gasteiger partial charge in [0.05, 0.1) is 7.11 Å². The molecule has 1 aliphatic carbocycles. The molecule has 0 unspecified atom stereocenters. The fourth-order valence-electron chi connectivity index (χ4n) is 3.09. The first-order valence-electron chi connectivity index (χ1n) is 7.34. The zero-order valence-electron chi connectivity index (χ0n) is 12.2. The molecule has 0 aliphatic heterocycles. The van der Waals surface area contributed by atoms with Gasteiger partial charge in [0.1, 0.15) is 5.75 Å². The Morgan fingerprint density at radius 2 is 1.95 bits per heavy atom. The number of ketones is 1. The lowest BCUT2D eigenvalue weighted by Gasteiger charge is -2.27. The Labute approximate surface area is 116 Å². The van der Waals surface area contributed by atoms with Crippen molar-refractivity contribution in [2.24, 2.45) is 11.8 Å². The second-order valence-electron chi connectivity index (χ2n) is 5.67. The Morgan fingerprint density at radius 3 is 2.47 bits per heavy atom. The standard InChI is InChI=1S/C17H24O2/c1-4-13-5-7-14(8-6-13)17(18)16-10-9-15(19-3)11-12(16)2/h9-11,13-14H,4-8H2,1-3H3. The van der Waals surface area contributed by atoms with Crippen LogP contribution in [0.1, 0.15) is 54.9 Å². The van der Waals surface area contributed by atoms with Crippen LogP contribution in [0.4, 0.5) is 0 Å². The number of carbonyl (C=O) groups excluding carboxylic acids is 1. The van der Waals surface area contributed by atoms with E-state index in [-0.39, 0.29) is 5.92 Å². The Morgan fingerprint density at radius 1 is 1.26 bits per heavy atom. The highest BCUT2D eigenvalue weighted by Gasteiger charge is 2.26. The van der Waals surface area contributed by atoms with E-state index < -0.39 is 0 Å². The number of benzene rings is 1. The van der Waals surface area contributed by atoms with Gasteiger partial charge in [-0.3, -0.25) is 4.79 Å². The quantitative estimate of drug-likeness (QED) is 0.750. The van der Waals surface area contributed by atoms with Crippen molar-refractivity contribution in [1.82, 2.24) is 0 Å². The summed E-state index contributed by atoms with van der Waals surface area (Å²) in [4.78, 5) is 12.6. The number of aryl methyl sites for hydroxylation is 1. The van der Waals surface area contributed by atoms with E-state index >= 15 is 0 Å². The van der Waals surface area contributed by atoms with Gasteiger partial charge in [-0.05, 0) is 62.3 Å². The van der Waals surface area contributed by atoms with Crippen molar-refractivity contribution < 1.29 is 9.53 Å². The van der Waals surface area contributed by atoms with E-state index in [1.54, 1.807) is 7.11 Å². The number of Topliss-reactive ketones (excluding diaryl/α,β-unsaturated/α-hetero) is 1. The minimum atomic E-state index is 0.231. The maximum Gasteiger partial charge on any atom is 0.166 e. The van der Waals surface area contributed by atoms with Gasteiger partial charge in [-0.1, -0.05) is 13.3 Å². The molecule has 1 aliphatic rings. The molecule has 1 saturated carbocycles. The van der Waals surface area contributed by atoms with E-state index in [9.17, 15) is 4.79 Å². The van der Waals surface area contributed by atoms with Crippen LogP contribution < -0.4 is 4.74 Å². The van der Waals surface area contributed by atoms with Crippen LogP contribution >= 0.6 is 0 Å². The van der Waals surface area contributed by atoms with E-state index in [2.05, 4.69) is 6.92 Å². The summed E-state index contributed by atoms with van der Waals surface area (Å²) in [7, 11) is 1.66. The van der Waals surface area contributed by atoms with E-state index in [0.717, 1.165) is 35.6 Å². The van der Waals surface area contributed by atoms with Gasteiger partial charge in [0, 0.05) is 11.5 Å². The molecule has 0 heterocycles. The first kappa shape index (κ1) is 14.1. The predicted molar refractivity (Wildman–Crippen MR) is 77.8 cm³/mol. The van der Waals surface area contributed by atoms with E-state index in [1.165, 1.54) is 19.3 Å². The van der Waals surface area contributed by atoms with Gasteiger partial charge in [-0.25, -0.2) is 0 Å². The molecule has 104 valence electrons. The van der Waals surface area contributed by atoms with Gasteiger partial charge in [0.2, 0.25) is 0 Å². The largest absolute Gasteiger partial charge is 0.497 e.